The molecule has 0 fully saturated rings. The third-order valence-corrected chi connectivity index (χ3v) is 4.55. The van der Waals surface area contributed by atoms with E-state index in [1.807, 2.05) is 36.4 Å². The van der Waals surface area contributed by atoms with E-state index in [2.05, 4.69) is 10.5 Å². The highest BCUT2D eigenvalue weighted by Gasteiger charge is 2.14. The molecule has 0 saturated heterocycles. The van der Waals surface area contributed by atoms with Crippen LogP contribution in [0.5, 0.6) is 23.0 Å². The summed E-state index contributed by atoms with van der Waals surface area (Å²) in [4.78, 5) is 17.1. The van der Waals surface area contributed by atoms with Crippen molar-refractivity contribution in [2.45, 2.75) is 6.61 Å². The number of carbonyl (C=O) groups is 1. The van der Waals surface area contributed by atoms with Crippen LogP contribution in [0, 0.1) is 0 Å². The Morgan fingerprint density at radius 1 is 1.03 bits per heavy atom. The lowest BCUT2D eigenvalue weighted by molar-refractivity contribution is -0.120. The van der Waals surface area contributed by atoms with E-state index in [-0.39, 0.29) is 19.3 Å². The van der Waals surface area contributed by atoms with Gasteiger partial charge in [0.1, 0.15) is 6.61 Å². The van der Waals surface area contributed by atoms with Crippen LogP contribution in [-0.2, 0) is 16.2 Å². The van der Waals surface area contributed by atoms with Gasteiger partial charge in [-0.3, -0.25) is 4.79 Å². The third-order valence-electron chi connectivity index (χ3n) is 4.55. The molecule has 8 nitrogen and oxygen atoms in total. The maximum atomic E-state index is 12.0. The molecule has 1 amide bonds. The van der Waals surface area contributed by atoms with Gasteiger partial charge in [0.05, 0.1) is 13.3 Å². The molecule has 0 spiro atoms. The highest BCUT2D eigenvalue weighted by atomic mass is 16.7. The largest absolute Gasteiger partial charge is 0.493 e. The third kappa shape index (κ3) is 5.48. The molecule has 3 aromatic carbocycles. The number of benzene rings is 3. The van der Waals surface area contributed by atoms with Crippen molar-refractivity contribution in [3.63, 3.8) is 0 Å². The summed E-state index contributed by atoms with van der Waals surface area (Å²) in [6.45, 7) is 0.377. The minimum atomic E-state index is -0.344. The van der Waals surface area contributed by atoms with E-state index in [1.165, 1.54) is 6.21 Å². The molecule has 1 heterocycles. The first kappa shape index (κ1) is 21.0. The number of rotatable bonds is 9. The van der Waals surface area contributed by atoms with Crippen molar-refractivity contribution < 1.29 is 28.6 Å². The van der Waals surface area contributed by atoms with Gasteiger partial charge >= 0.3 is 0 Å². The Morgan fingerprint density at radius 2 is 1.88 bits per heavy atom. The lowest BCUT2D eigenvalue weighted by Crippen LogP contribution is -2.16. The Balaban J connectivity index is 1.27. The van der Waals surface area contributed by atoms with Crippen LogP contribution in [0.3, 0.4) is 0 Å². The van der Waals surface area contributed by atoms with Crippen molar-refractivity contribution in [2.75, 3.05) is 25.8 Å². The first-order chi connectivity index (χ1) is 15.7. The van der Waals surface area contributed by atoms with Gasteiger partial charge in [0.15, 0.2) is 29.6 Å². The van der Waals surface area contributed by atoms with Crippen molar-refractivity contribution >= 4 is 17.8 Å². The Morgan fingerprint density at radius 3 is 2.72 bits per heavy atom. The average molecular weight is 434 g/mol. The molecular weight excluding hydrogens is 412 g/mol. The second-order valence-corrected chi connectivity index (χ2v) is 6.81. The van der Waals surface area contributed by atoms with E-state index in [4.69, 9.17) is 23.8 Å². The average Bonchev–Trinajstić information content (AvgIpc) is 3.29. The van der Waals surface area contributed by atoms with E-state index in [1.54, 1.807) is 37.4 Å². The van der Waals surface area contributed by atoms with Gasteiger partial charge in [0, 0.05) is 17.3 Å². The van der Waals surface area contributed by atoms with Gasteiger partial charge in [0.2, 0.25) is 6.79 Å². The van der Waals surface area contributed by atoms with Crippen LogP contribution < -0.4 is 24.3 Å². The van der Waals surface area contributed by atoms with Gasteiger partial charge in [-0.25, -0.2) is 0 Å². The summed E-state index contributed by atoms with van der Waals surface area (Å²) in [5.41, 5.74) is 2.39. The molecule has 32 heavy (non-hydrogen) atoms. The number of hydrogen-bond donors (Lipinski definition) is 1. The topological polar surface area (TPSA) is 87.6 Å². The number of amides is 1. The molecule has 1 N–H and O–H groups in total. The molecule has 0 bridgehead atoms. The van der Waals surface area contributed by atoms with E-state index < -0.39 is 0 Å². The van der Waals surface area contributed by atoms with Crippen molar-refractivity contribution in [3.05, 3.63) is 77.9 Å². The zero-order valence-corrected chi connectivity index (χ0v) is 17.4. The molecule has 3 aromatic rings. The second-order valence-electron chi connectivity index (χ2n) is 6.81. The maximum absolute atomic E-state index is 12.0. The van der Waals surface area contributed by atoms with Gasteiger partial charge in [-0.2, -0.15) is 0 Å². The monoisotopic (exact) mass is 434 g/mol. The van der Waals surface area contributed by atoms with Crippen LogP contribution in [0.25, 0.3) is 0 Å². The number of nitrogens with zero attached hydrogens (tertiary/aromatic N) is 1. The molecule has 4 rings (SSSR count). The summed E-state index contributed by atoms with van der Waals surface area (Å²) >= 11 is 0. The first-order valence-electron chi connectivity index (χ1n) is 9.91. The number of methoxy groups -OCH3 is 1. The fraction of sp³-hybridized carbons (Fsp3) is 0.167. The zero-order chi connectivity index (χ0) is 22.2. The molecule has 0 aromatic heterocycles. The van der Waals surface area contributed by atoms with E-state index in [9.17, 15) is 4.79 Å². The number of carbonyl (C=O) groups excluding carboxylic acids is 1. The Kier molecular flexibility index (Phi) is 6.72. The summed E-state index contributed by atoms with van der Waals surface area (Å²) < 4.78 is 21.8. The molecule has 0 atom stereocenters. The number of nitrogens with one attached hydrogen (secondary N) is 1. The summed E-state index contributed by atoms with van der Waals surface area (Å²) in [6, 6.07) is 20.4. The highest BCUT2D eigenvalue weighted by molar-refractivity contribution is 5.92. The second kappa shape index (κ2) is 10.2. The van der Waals surface area contributed by atoms with Gasteiger partial charge in [0.25, 0.3) is 5.91 Å². The van der Waals surface area contributed by atoms with Crippen molar-refractivity contribution in [1.29, 1.82) is 0 Å². The van der Waals surface area contributed by atoms with E-state index >= 15 is 0 Å². The van der Waals surface area contributed by atoms with Crippen LogP contribution in [-0.4, -0.2) is 32.6 Å². The zero-order valence-electron chi connectivity index (χ0n) is 17.4. The molecular formula is C24H22N2O6. The SMILES string of the molecule is COc1cc(/C=N/OCC(=O)Nc2ccc3c(c2)OCO3)ccc1OCc1ccccc1. The molecule has 1 aliphatic rings. The molecule has 0 radical (unpaired) electrons. The summed E-state index contributed by atoms with van der Waals surface area (Å²) in [5, 5.41) is 6.57. The summed E-state index contributed by atoms with van der Waals surface area (Å²) in [7, 11) is 1.57. The molecule has 0 unspecified atom stereocenters. The minimum absolute atomic E-state index is 0.176. The highest BCUT2D eigenvalue weighted by Crippen LogP contribution is 2.34. The lowest BCUT2D eigenvalue weighted by atomic mass is 10.2. The van der Waals surface area contributed by atoms with E-state index in [0.717, 1.165) is 11.1 Å². The van der Waals surface area contributed by atoms with Gasteiger partial charge < -0.3 is 29.1 Å². The van der Waals surface area contributed by atoms with Crippen molar-refractivity contribution in [2.24, 2.45) is 5.16 Å². The maximum Gasteiger partial charge on any atom is 0.265 e. The normalized spacial score (nSPS) is 11.9. The minimum Gasteiger partial charge on any atom is -0.493 e. The first-order valence-corrected chi connectivity index (χ1v) is 9.91. The lowest BCUT2D eigenvalue weighted by Gasteiger charge is -2.11. The number of oxime groups is 1. The summed E-state index contributed by atoms with van der Waals surface area (Å²) in [5.74, 6) is 2.09. The number of ether oxygens (including phenoxy) is 4. The van der Waals surface area contributed by atoms with E-state index in [0.29, 0.717) is 35.3 Å². The summed E-state index contributed by atoms with van der Waals surface area (Å²) in [6.07, 6.45) is 1.50. The predicted molar refractivity (Wildman–Crippen MR) is 119 cm³/mol. The smallest absolute Gasteiger partial charge is 0.265 e. The van der Waals surface area contributed by atoms with Crippen LogP contribution in [0.1, 0.15) is 11.1 Å². The molecule has 0 saturated carbocycles. The Hall–Kier alpha value is -4.20. The van der Waals surface area contributed by atoms with Crippen LogP contribution >= 0.6 is 0 Å². The number of anilines is 1. The fourth-order valence-electron chi connectivity index (χ4n) is 2.98. The van der Waals surface area contributed by atoms with Crippen molar-refractivity contribution in [3.8, 4) is 23.0 Å². The van der Waals surface area contributed by atoms with Crippen LogP contribution in [0.15, 0.2) is 71.9 Å². The molecule has 0 aliphatic carbocycles. The molecule has 8 heteroatoms. The van der Waals surface area contributed by atoms with Gasteiger partial charge in [-0.05, 0) is 35.9 Å². The van der Waals surface area contributed by atoms with Gasteiger partial charge in [-0.1, -0.05) is 35.5 Å². The van der Waals surface area contributed by atoms with Gasteiger partial charge in [-0.15, -0.1) is 0 Å². The van der Waals surface area contributed by atoms with Crippen LogP contribution in [0.4, 0.5) is 5.69 Å². The molecule has 1 aliphatic heterocycles. The number of fused-ring (bicyclic) bond motifs is 1. The quantitative estimate of drug-likeness (QED) is 0.405. The van der Waals surface area contributed by atoms with Crippen molar-refractivity contribution in [1.82, 2.24) is 0 Å². The Bertz CT molecular complexity index is 1100. The molecule has 164 valence electrons. The standard InChI is InChI=1S/C24H22N2O6/c1-28-22-11-18(7-9-20(22)29-14-17-5-3-2-4-6-17)13-25-32-15-24(27)26-19-8-10-21-23(12-19)31-16-30-21/h2-13H,14-16H2,1H3,(H,26,27)/b25-13+. The van der Waals surface area contributed by atoms with Crippen LogP contribution in [0.2, 0.25) is 0 Å². The number of hydrogen-bond acceptors (Lipinski definition) is 7. The predicted octanol–water partition coefficient (Wildman–Crippen LogP) is 3.99. The fourth-order valence-corrected chi connectivity index (χ4v) is 2.98. The Labute approximate surface area is 185 Å².